The minimum atomic E-state index is -3.49. The number of hydrogen-bond acceptors (Lipinski definition) is 4. The Morgan fingerprint density at radius 2 is 1.86 bits per heavy atom. The zero-order valence-electron chi connectivity index (χ0n) is 13.2. The van der Waals surface area contributed by atoms with E-state index < -0.39 is 33.5 Å². The second-order valence-electron chi connectivity index (χ2n) is 6.95. The Balaban J connectivity index is 2.16. The summed E-state index contributed by atoms with van der Waals surface area (Å²) in [5.41, 5.74) is 0. The van der Waals surface area contributed by atoms with Gasteiger partial charge in [0, 0.05) is 6.04 Å². The Morgan fingerprint density at radius 1 is 1.23 bits per heavy atom. The standard InChI is InChI=1S/C15H25NO5S/c1-10(2)8-22(20,21)9-14(17)16-12-6-4-3-5-11(12)7-13(16)15(18)19/h10-13H,3-9H2,1-2H3,(H,18,19)/t11-,12+,13-/m0/s1. The van der Waals surface area contributed by atoms with Gasteiger partial charge in [-0.15, -0.1) is 0 Å². The van der Waals surface area contributed by atoms with Crippen molar-refractivity contribution >= 4 is 21.7 Å². The van der Waals surface area contributed by atoms with Crippen molar-refractivity contribution in [3.63, 3.8) is 0 Å². The van der Waals surface area contributed by atoms with E-state index in [0.29, 0.717) is 6.42 Å². The molecule has 22 heavy (non-hydrogen) atoms. The minimum Gasteiger partial charge on any atom is -0.480 e. The monoisotopic (exact) mass is 331 g/mol. The predicted molar refractivity (Wildman–Crippen MR) is 82.1 cm³/mol. The van der Waals surface area contributed by atoms with Gasteiger partial charge in [-0.3, -0.25) is 4.79 Å². The molecule has 1 saturated heterocycles. The van der Waals surface area contributed by atoms with E-state index in [2.05, 4.69) is 0 Å². The summed E-state index contributed by atoms with van der Waals surface area (Å²) in [7, 11) is -3.49. The van der Waals surface area contributed by atoms with E-state index in [0.717, 1.165) is 25.7 Å². The molecule has 1 amide bonds. The molecular weight excluding hydrogens is 306 g/mol. The zero-order chi connectivity index (χ0) is 16.5. The largest absolute Gasteiger partial charge is 0.480 e. The molecule has 1 heterocycles. The van der Waals surface area contributed by atoms with Crippen LogP contribution in [0.5, 0.6) is 0 Å². The fraction of sp³-hybridized carbons (Fsp3) is 0.867. The van der Waals surface area contributed by atoms with Gasteiger partial charge in [-0.1, -0.05) is 26.7 Å². The second-order valence-corrected chi connectivity index (χ2v) is 9.06. The third-order valence-electron chi connectivity index (χ3n) is 4.59. The van der Waals surface area contributed by atoms with Crippen molar-refractivity contribution < 1.29 is 23.1 Å². The molecule has 6 nitrogen and oxygen atoms in total. The van der Waals surface area contributed by atoms with Crippen molar-refractivity contribution in [2.45, 2.75) is 58.0 Å². The van der Waals surface area contributed by atoms with Crippen LogP contribution < -0.4 is 0 Å². The SMILES string of the molecule is CC(C)CS(=O)(=O)CC(=O)N1[C@@H]2CCCC[C@H]2C[C@H]1C(=O)O. The molecule has 1 N–H and O–H groups in total. The van der Waals surface area contributed by atoms with Crippen LogP contribution in [0.3, 0.4) is 0 Å². The van der Waals surface area contributed by atoms with Crippen molar-refractivity contribution in [1.82, 2.24) is 4.90 Å². The number of amides is 1. The zero-order valence-corrected chi connectivity index (χ0v) is 14.0. The van der Waals surface area contributed by atoms with E-state index in [9.17, 15) is 23.1 Å². The topological polar surface area (TPSA) is 91.8 Å². The van der Waals surface area contributed by atoms with Gasteiger partial charge in [0.05, 0.1) is 5.75 Å². The smallest absolute Gasteiger partial charge is 0.326 e. The number of carbonyl (C=O) groups excluding carboxylic acids is 1. The number of aliphatic carboxylic acids is 1. The molecule has 1 aliphatic heterocycles. The highest BCUT2D eigenvalue weighted by Gasteiger charge is 2.47. The van der Waals surface area contributed by atoms with E-state index in [-0.39, 0.29) is 23.6 Å². The van der Waals surface area contributed by atoms with Crippen LogP contribution in [0.25, 0.3) is 0 Å². The highest BCUT2D eigenvalue weighted by Crippen LogP contribution is 2.39. The molecule has 3 atom stereocenters. The van der Waals surface area contributed by atoms with Crippen LogP contribution in [0.15, 0.2) is 0 Å². The lowest BCUT2D eigenvalue weighted by Gasteiger charge is -2.33. The Labute approximate surface area is 131 Å². The molecule has 2 rings (SSSR count). The second kappa shape index (κ2) is 6.56. The molecule has 0 radical (unpaired) electrons. The summed E-state index contributed by atoms with van der Waals surface area (Å²) in [6.07, 6.45) is 4.19. The maximum Gasteiger partial charge on any atom is 0.326 e. The van der Waals surface area contributed by atoms with E-state index in [1.807, 2.05) is 0 Å². The van der Waals surface area contributed by atoms with Crippen LogP contribution in [0.4, 0.5) is 0 Å². The summed E-state index contributed by atoms with van der Waals surface area (Å²) >= 11 is 0. The Hall–Kier alpha value is -1.11. The van der Waals surface area contributed by atoms with Gasteiger partial charge in [0.15, 0.2) is 9.84 Å². The van der Waals surface area contributed by atoms with Crippen LogP contribution in [0, 0.1) is 11.8 Å². The molecule has 7 heteroatoms. The average Bonchev–Trinajstić information content (AvgIpc) is 2.75. The first kappa shape index (κ1) is 17.2. The van der Waals surface area contributed by atoms with E-state index >= 15 is 0 Å². The quantitative estimate of drug-likeness (QED) is 0.820. The van der Waals surface area contributed by atoms with Gasteiger partial charge < -0.3 is 10.0 Å². The summed E-state index contributed by atoms with van der Waals surface area (Å²) in [6.45, 7) is 3.57. The number of likely N-dealkylation sites (tertiary alicyclic amines) is 1. The lowest BCUT2D eigenvalue weighted by molar-refractivity contribution is -0.148. The highest BCUT2D eigenvalue weighted by atomic mass is 32.2. The van der Waals surface area contributed by atoms with Gasteiger partial charge in [0.25, 0.3) is 0 Å². The molecule has 0 unspecified atom stereocenters. The number of rotatable bonds is 5. The maximum atomic E-state index is 12.5. The van der Waals surface area contributed by atoms with E-state index in [1.165, 1.54) is 4.90 Å². The summed E-state index contributed by atoms with van der Waals surface area (Å²) in [5, 5.41) is 9.38. The Kier molecular flexibility index (Phi) is 5.14. The average molecular weight is 331 g/mol. The first-order valence-corrected chi connectivity index (χ1v) is 9.78. The molecule has 0 bridgehead atoms. The molecule has 0 aromatic heterocycles. The van der Waals surface area contributed by atoms with Crippen molar-refractivity contribution in [3.8, 4) is 0 Å². The first-order valence-electron chi connectivity index (χ1n) is 7.95. The van der Waals surface area contributed by atoms with Crippen LogP contribution in [0.2, 0.25) is 0 Å². The molecule has 1 saturated carbocycles. The molecule has 0 aromatic rings. The number of sulfone groups is 1. The number of fused-ring (bicyclic) bond motifs is 1. The minimum absolute atomic E-state index is 0.0432. The van der Waals surface area contributed by atoms with Crippen LogP contribution in [-0.4, -0.2) is 53.9 Å². The summed E-state index contributed by atoms with van der Waals surface area (Å²) in [5.74, 6) is -2.02. The normalized spacial score (nSPS) is 28.7. The van der Waals surface area contributed by atoms with Crippen molar-refractivity contribution in [2.24, 2.45) is 11.8 Å². The van der Waals surface area contributed by atoms with Crippen LogP contribution >= 0.6 is 0 Å². The molecular formula is C15H25NO5S. The summed E-state index contributed by atoms with van der Waals surface area (Å²) < 4.78 is 24.1. The molecule has 0 spiro atoms. The number of hydrogen-bond donors (Lipinski definition) is 1. The van der Waals surface area contributed by atoms with Gasteiger partial charge in [0.1, 0.15) is 11.8 Å². The van der Waals surface area contributed by atoms with Crippen molar-refractivity contribution in [1.29, 1.82) is 0 Å². The molecule has 0 aromatic carbocycles. The molecule has 2 fully saturated rings. The first-order chi connectivity index (χ1) is 10.2. The third-order valence-corrected chi connectivity index (χ3v) is 6.45. The number of nitrogens with zero attached hydrogens (tertiary/aromatic N) is 1. The van der Waals surface area contributed by atoms with Gasteiger partial charge in [-0.05, 0) is 31.1 Å². The number of carboxylic acid groups (broad SMARTS) is 1. The Bertz CT molecular complexity index is 542. The third kappa shape index (κ3) is 3.80. The van der Waals surface area contributed by atoms with E-state index in [4.69, 9.17) is 0 Å². The fourth-order valence-electron chi connectivity index (χ4n) is 3.87. The van der Waals surface area contributed by atoms with Crippen molar-refractivity contribution in [3.05, 3.63) is 0 Å². The van der Waals surface area contributed by atoms with Gasteiger partial charge in [-0.25, -0.2) is 13.2 Å². The maximum absolute atomic E-state index is 12.5. The van der Waals surface area contributed by atoms with Gasteiger partial charge in [-0.2, -0.15) is 0 Å². The van der Waals surface area contributed by atoms with Crippen LogP contribution in [-0.2, 0) is 19.4 Å². The van der Waals surface area contributed by atoms with Crippen molar-refractivity contribution in [2.75, 3.05) is 11.5 Å². The lowest BCUT2D eigenvalue weighted by atomic mass is 9.85. The van der Waals surface area contributed by atoms with Crippen LogP contribution in [0.1, 0.15) is 46.0 Å². The summed E-state index contributed by atoms with van der Waals surface area (Å²) in [4.78, 5) is 25.3. The number of carboxylic acids is 1. The highest BCUT2D eigenvalue weighted by molar-refractivity contribution is 7.92. The van der Waals surface area contributed by atoms with E-state index in [1.54, 1.807) is 13.8 Å². The molecule has 126 valence electrons. The Morgan fingerprint density at radius 3 is 2.45 bits per heavy atom. The summed E-state index contributed by atoms with van der Waals surface area (Å²) in [6, 6.07) is -0.966. The lowest BCUT2D eigenvalue weighted by Crippen LogP contribution is -2.48. The van der Waals surface area contributed by atoms with Gasteiger partial charge in [0.2, 0.25) is 5.91 Å². The van der Waals surface area contributed by atoms with Gasteiger partial charge >= 0.3 is 5.97 Å². The fourth-order valence-corrected chi connectivity index (χ4v) is 5.53. The molecule has 2 aliphatic rings. The predicted octanol–water partition coefficient (Wildman–Crippen LogP) is 1.30. The molecule has 1 aliphatic carbocycles. The number of carbonyl (C=O) groups is 2.